The van der Waals surface area contributed by atoms with Gasteiger partial charge in [0.05, 0.1) is 14.9 Å². The number of thiophene rings is 1. The Labute approximate surface area is 122 Å². The lowest BCUT2D eigenvalue weighted by Crippen LogP contribution is -3.00. The maximum absolute atomic E-state index is 11.6. The molecule has 0 saturated carbocycles. The smallest absolute Gasteiger partial charge is 0.320 e. The van der Waals surface area contributed by atoms with Gasteiger partial charge in [-0.1, -0.05) is 34.8 Å². The van der Waals surface area contributed by atoms with Gasteiger partial charge in [0.25, 0.3) is 0 Å². The molecule has 0 aliphatic heterocycles. The predicted octanol–water partition coefficient (Wildman–Crippen LogP) is -0.303. The van der Waals surface area contributed by atoms with Gasteiger partial charge >= 0.3 is 5.97 Å². The van der Waals surface area contributed by atoms with Gasteiger partial charge in [-0.25, -0.2) is 0 Å². The van der Waals surface area contributed by atoms with E-state index >= 15 is 0 Å². The molecule has 9 heteroatoms. The Balaban J connectivity index is 0.00000256. The van der Waals surface area contributed by atoms with Crippen LogP contribution >= 0.6 is 46.1 Å². The van der Waals surface area contributed by atoms with Gasteiger partial charge in [-0.15, -0.1) is 11.3 Å². The first-order valence-corrected chi connectivity index (χ1v) is 5.94. The van der Waals surface area contributed by atoms with Crippen LogP contribution in [0.4, 0.5) is 0 Å². The van der Waals surface area contributed by atoms with Gasteiger partial charge in [0, 0.05) is 6.42 Å². The van der Waals surface area contributed by atoms with E-state index in [0.717, 1.165) is 11.3 Å². The van der Waals surface area contributed by atoms with Crippen LogP contribution in [0.5, 0.6) is 0 Å². The van der Waals surface area contributed by atoms with Gasteiger partial charge in [-0.05, 0) is 0 Å². The summed E-state index contributed by atoms with van der Waals surface area (Å²) in [5, 5.41) is 8.69. The van der Waals surface area contributed by atoms with Crippen LogP contribution in [0.2, 0.25) is 14.4 Å². The van der Waals surface area contributed by atoms with Gasteiger partial charge in [-0.3, -0.25) is 9.59 Å². The fourth-order valence-corrected chi connectivity index (χ4v) is 2.70. The first-order chi connectivity index (χ1) is 7.34. The summed E-state index contributed by atoms with van der Waals surface area (Å²) in [4.78, 5) is 22.2. The highest BCUT2D eigenvalue weighted by atomic mass is 35.5. The quantitative estimate of drug-likeness (QED) is 0.739. The molecule has 0 saturated heterocycles. The minimum absolute atomic E-state index is 0. The second-order valence-corrected chi connectivity index (χ2v) is 5.28. The monoisotopic (exact) mass is 336 g/mol. The van der Waals surface area contributed by atoms with Crippen molar-refractivity contribution in [3.05, 3.63) is 19.3 Å². The standard InChI is InChI=1S/C8H6Cl3NO3S.ClH/c9-4-5(10)7(11)16-6(4)3(13)1-2(12)8(14)15;/h2H,1,12H2,(H,14,15);1H/p-1. The second-order valence-electron chi connectivity index (χ2n) is 2.90. The predicted molar refractivity (Wildman–Crippen MR) is 63.9 cm³/mol. The van der Waals surface area contributed by atoms with Gasteiger partial charge in [0.15, 0.2) is 5.78 Å². The molecule has 0 aliphatic carbocycles. The molecule has 0 fully saturated rings. The number of aliphatic carboxylic acids is 1. The van der Waals surface area contributed by atoms with Crippen LogP contribution in [0.3, 0.4) is 0 Å². The SMILES string of the molecule is NC(CC(=O)c1sc(Cl)c(Cl)c1Cl)C(=O)O.[Cl-]. The number of hydrogen-bond acceptors (Lipinski definition) is 4. The first-order valence-electron chi connectivity index (χ1n) is 3.99. The number of halogens is 4. The number of Topliss-reactive ketones (excluding diaryl/α,β-unsaturated/α-hetero) is 1. The van der Waals surface area contributed by atoms with Gasteiger partial charge in [0.2, 0.25) is 0 Å². The third-order valence-electron chi connectivity index (χ3n) is 1.73. The summed E-state index contributed by atoms with van der Waals surface area (Å²) in [6.45, 7) is 0. The molecule has 0 aromatic carbocycles. The van der Waals surface area contributed by atoms with Crippen molar-refractivity contribution in [2.45, 2.75) is 12.5 Å². The number of carbonyl (C=O) groups excluding carboxylic acids is 1. The van der Waals surface area contributed by atoms with E-state index in [9.17, 15) is 9.59 Å². The van der Waals surface area contributed by atoms with Crippen LogP contribution < -0.4 is 18.1 Å². The molecule has 96 valence electrons. The Kier molecular flexibility index (Phi) is 6.76. The van der Waals surface area contributed by atoms with E-state index in [1.165, 1.54) is 0 Å². The van der Waals surface area contributed by atoms with Gasteiger partial charge < -0.3 is 23.2 Å². The number of nitrogens with two attached hydrogens (primary N) is 1. The molecule has 3 N–H and O–H groups in total. The Morgan fingerprint density at radius 1 is 1.29 bits per heavy atom. The molecule has 0 spiro atoms. The number of carboxylic acid groups (broad SMARTS) is 1. The molecular weight excluding hydrogens is 332 g/mol. The van der Waals surface area contributed by atoms with Crippen LogP contribution in [0.25, 0.3) is 0 Å². The van der Waals surface area contributed by atoms with Crippen LogP contribution in [0.15, 0.2) is 0 Å². The molecule has 1 unspecified atom stereocenters. The minimum Gasteiger partial charge on any atom is -1.00 e. The summed E-state index contributed by atoms with van der Waals surface area (Å²) in [6.07, 6.45) is -0.345. The highest BCUT2D eigenvalue weighted by Gasteiger charge is 2.23. The normalized spacial score (nSPS) is 11.8. The molecule has 1 aromatic heterocycles. The average Bonchev–Trinajstić information content (AvgIpc) is 2.45. The van der Waals surface area contributed by atoms with E-state index in [1.807, 2.05) is 0 Å². The Bertz CT molecular complexity index is 448. The van der Waals surface area contributed by atoms with E-state index in [2.05, 4.69) is 0 Å². The van der Waals surface area contributed by atoms with Crippen molar-refractivity contribution in [2.24, 2.45) is 5.73 Å². The largest absolute Gasteiger partial charge is 1.00 e. The summed E-state index contributed by atoms with van der Waals surface area (Å²) in [5.41, 5.74) is 5.22. The van der Waals surface area contributed by atoms with E-state index in [4.69, 9.17) is 45.6 Å². The number of carboxylic acids is 1. The van der Waals surface area contributed by atoms with Crippen LogP contribution in [-0.4, -0.2) is 22.9 Å². The Morgan fingerprint density at radius 2 is 1.82 bits per heavy atom. The second kappa shape index (κ2) is 6.78. The van der Waals surface area contributed by atoms with Gasteiger partial charge in [0.1, 0.15) is 10.4 Å². The Hall–Kier alpha value is -0.0400. The lowest BCUT2D eigenvalue weighted by molar-refractivity contribution is -0.138. The van der Waals surface area contributed by atoms with Crippen molar-refractivity contribution < 1.29 is 27.1 Å². The van der Waals surface area contributed by atoms with Crippen molar-refractivity contribution in [2.75, 3.05) is 0 Å². The van der Waals surface area contributed by atoms with Crippen LogP contribution in [0, 0.1) is 0 Å². The van der Waals surface area contributed by atoms with Gasteiger partial charge in [-0.2, -0.15) is 0 Å². The fourth-order valence-electron chi connectivity index (χ4n) is 0.924. The van der Waals surface area contributed by atoms with E-state index in [-0.39, 0.29) is 38.1 Å². The van der Waals surface area contributed by atoms with Crippen molar-refractivity contribution >= 4 is 57.9 Å². The molecule has 0 bridgehead atoms. The van der Waals surface area contributed by atoms with Crippen LogP contribution in [-0.2, 0) is 4.79 Å². The minimum atomic E-state index is -1.26. The number of carbonyl (C=O) groups is 2. The van der Waals surface area contributed by atoms with E-state index in [0.29, 0.717) is 0 Å². The lowest BCUT2D eigenvalue weighted by Gasteiger charge is -2.03. The molecule has 1 atom stereocenters. The summed E-state index contributed by atoms with van der Waals surface area (Å²) >= 11 is 18.0. The average molecular weight is 338 g/mol. The molecule has 1 rings (SSSR count). The number of rotatable bonds is 4. The highest BCUT2D eigenvalue weighted by molar-refractivity contribution is 7.19. The third-order valence-corrected chi connectivity index (χ3v) is 4.35. The summed E-state index contributed by atoms with van der Waals surface area (Å²) in [6, 6.07) is -1.26. The number of hydrogen-bond donors (Lipinski definition) is 2. The summed E-state index contributed by atoms with van der Waals surface area (Å²) in [5.74, 6) is -1.74. The van der Waals surface area contributed by atoms with E-state index in [1.54, 1.807) is 0 Å². The lowest BCUT2D eigenvalue weighted by atomic mass is 10.1. The first kappa shape index (κ1) is 17.0. The molecule has 4 nitrogen and oxygen atoms in total. The van der Waals surface area contributed by atoms with Crippen molar-refractivity contribution in [1.82, 2.24) is 0 Å². The van der Waals surface area contributed by atoms with Crippen molar-refractivity contribution in [3.8, 4) is 0 Å². The molecule has 17 heavy (non-hydrogen) atoms. The van der Waals surface area contributed by atoms with Crippen LogP contribution in [0.1, 0.15) is 16.1 Å². The molecular formula is C8H6Cl4NO3S-. The zero-order chi connectivity index (χ0) is 12.5. The zero-order valence-electron chi connectivity index (χ0n) is 8.05. The fraction of sp³-hybridized carbons (Fsp3) is 0.250. The highest BCUT2D eigenvalue weighted by Crippen LogP contribution is 2.40. The van der Waals surface area contributed by atoms with E-state index < -0.39 is 17.8 Å². The zero-order valence-corrected chi connectivity index (χ0v) is 11.9. The number of ketones is 1. The topological polar surface area (TPSA) is 80.4 Å². The Morgan fingerprint density at radius 3 is 2.18 bits per heavy atom. The molecule has 1 aromatic rings. The molecule has 1 heterocycles. The molecule has 0 amide bonds. The van der Waals surface area contributed by atoms with Crippen molar-refractivity contribution in [3.63, 3.8) is 0 Å². The summed E-state index contributed by atoms with van der Waals surface area (Å²) in [7, 11) is 0. The maximum Gasteiger partial charge on any atom is 0.320 e. The third kappa shape index (κ3) is 3.98. The molecule has 0 radical (unpaired) electrons. The molecule has 0 aliphatic rings. The summed E-state index contributed by atoms with van der Waals surface area (Å²) < 4.78 is 0.193. The maximum atomic E-state index is 11.6. The van der Waals surface area contributed by atoms with Crippen molar-refractivity contribution in [1.29, 1.82) is 0 Å².